The van der Waals surface area contributed by atoms with Crippen molar-refractivity contribution in [2.75, 3.05) is 0 Å². The highest BCUT2D eigenvalue weighted by Crippen LogP contribution is 2.33. The number of benzene rings is 1. The molecule has 1 fully saturated rings. The molecule has 0 aliphatic carbocycles. The SMILES string of the molecule is N#CCc1cccc(-c2cncc3cc(/C=C4\SC(=O)NC4=O)oc23)c1. The van der Waals surface area contributed by atoms with Crippen molar-refractivity contribution in [3.63, 3.8) is 0 Å². The number of fused-ring (bicyclic) bond motifs is 1. The van der Waals surface area contributed by atoms with Crippen molar-refractivity contribution >= 4 is 40.0 Å². The summed E-state index contributed by atoms with van der Waals surface area (Å²) in [5.41, 5.74) is 3.24. The number of nitriles is 1. The molecule has 1 aliphatic heterocycles. The number of rotatable bonds is 3. The predicted molar refractivity (Wildman–Crippen MR) is 97.9 cm³/mol. The summed E-state index contributed by atoms with van der Waals surface area (Å²) < 4.78 is 5.91. The summed E-state index contributed by atoms with van der Waals surface area (Å²) in [6.45, 7) is 0. The van der Waals surface area contributed by atoms with Gasteiger partial charge < -0.3 is 4.42 Å². The Morgan fingerprint density at radius 2 is 2.15 bits per heavy atom. The lowest BCUT2D eigenvalue weighted by Crippen LogP contribution is -2.17. The summed E-state index contributed by atoms with van der Waals surface area (Å²) in [5.74, 6) is 0.0396. The second-order valence-electron chi connectivity index (χ2n) is 5.64. The number of pyridine rings is 1. The van der Waals surface area contributed by atoms with Gasteiger partial charge in [0.1, 0.15) is 11.3 Å². The molecular formula is C19H11N3O3S. The van der Waals surface area contributed by atoms with Crippen molar-refractivity contribution in [3.05, 3.63) is 59.0 Å². The molecule has 3 aromatic rings. The molecule has 7 heteroatoms. The normalized spacial score (nSPS) is 15.4. The molecule has 1 N–H and O–H groups in total. The van der Waals surface area contributed by atoms with Crippen LogP contribution in [0.1, 0.15) is 11.3 Å². The first-order valence-electron chi connectivity index (χ1n) is 7.73. The smallest absolute Gasteiger partial charge is 0.290 e. The van der Waals surface area contributed by atoms with Crippen LogP contribution in [0.3, 0.4) is 0 Å². The number of furan rings is 1. The summed E-state index contributed by atoms with van der Waals surface area (Å²) in [4.78, 5) is 27.5. The van der Waals surface area contributed by atoms with E-state index in [1.54, 1.807) is 24.5 Å². The summed E-state index contributed by atoms with van der Waals surface area (Å²) in [6.07, 6.45) is 5.25. The second-order valence-corrected chi connectivity index (χ2v) is 6.66. The van der Waals surface area contributed by atoms with Gasteiger partial charge in [-0.25, -0.2) is 0 Å². The lowest BCUT2D eigenvalue weighted by Gasteiger charge is -2.03. The average molecular weight is 361 g/mol. The van der Waals surface area contributed by atoms with Gasteiger partial charge in [0.2, 0.25) is 0 Å². The highest BCUT2D eigenvalue weighted by atomic mass is 32.2. The maximum atomic E-state index is 11.7. The van der Waals surface area contributed by atoms with Crippen LogP contribution in [0.5, 0.6) is 0 Å². The van der Waals surface area contributed by atoms with Gasteiger partial charge in [-0.3, -0.25) is 19.9 Å². The molecule has 126 valence electrons. The lowest BCUT2D eigenvalue weighted by atomic mass is 10.0. The molecule has 0 unspecified atom stereocenters. The van der Waals surface area contributed by atoms with Crippen LogP contribution in [0.25, 0.3) is 28.2 Å². The number of amides is 2. The van der Waals surface area contributed by atoms with Crippen LogP contribution in [-0.4, -0.2) is 16.1 Å². The van der Waals surface area contributed by atoms with Crippen molar-refractivity contribution in [3.8, 4) is 17.2 Å². The molecule has 2 amide bonds. The van der Waals surface area contributed by atoms with Gasteiger partial charge in [-0.05, 0) is 35.0 Å². The minimum Gasteiger partial charge on any atom is -0.456 e. The Balaban J connectivity index is 1.78. The van der Waals surface area contributed by atoms with Crippen molar-refractivity contribution in [1.29, 1.82) is 5.26 Å². The van der Waals surface area contributed by atoms with Gasteiger partial charge in [0, 0.05) is 29.4 Å². The molecule has 26 heavy (non-hydrogen) atoms. The van der Waals surface area contributed by atoms with Crippen LogP contribution in [0.15, 0.2) is 52.0 Å². The van der Waals surface area contributed by atoms with Crippen molar-refractivity contribution in [2.24, 2.45) is 0 Å². The van der Waals surface area contributed by atoms with Gasteiger partial charge in [0.15, 0.2) is 0 Å². The van der Waals surface area contributed by atoms with E-state index in [2.05, 4.69) is 16.4 Å². The van der Waals surface area contributed by atoms with Crippen molar-refractivity contribution < 1.29 is 14.0 Å². The summed E-state index contributed by atoms with van der Waals surface area (Å²) in [6, 6.07) is 11.5. The fourth-order valence-corrected chi connectivity index (χ4v) is 3.41. The van der Waals surface area contributed by atoms with Crippen molar-refractivity contribution in [2.45, 2.75) is 6.42 Å². The third kappa shape index (κ3) is 2.98. The number of carbonyl (C=O) groups excluding carboxylic acids is 2. The fourth-order valence-electron chi connectivity index (χ4n) is 2.75. The Morgan fingerprint density at radius 3 is 2.92 bits per heavy atom. The van der Waals surface area contributed by atoms with Gasteiger partial charge in [-0.2, -0.15) is 5.26 Å². The first-order valence-corrected chi connectivity index (χ1v) is 8.54. The number of hydrogen-bond acceptors (Lipinski definition) is 6. The zero-order valence-electron chi connectivity index (χ0n) is 13.4. The van der Waals surface area contributed by atoms with Gasteiger partial charge in [0.05, 0.1) is 17.4 Å². The molecule has 6 nitrogen and oxygen atoms in total. The third-order valence-corrected chi connectivity index (χ3v) is 4.69. The van der Waals surface area contributed by atoms with E-state index in [0.29, 0.717) is 22.7 Å². The molecule has 0 radical (unpaired) electrons. The maximum Gasteiger partial charge on any atom is 0.290 e. The average Bonchev–Trinajstić information content (AvgIpc) is 3.17. The van der Waals surface area contributed by atoms with E-state index in [0.717, 1.165) is 33.8 Å². The Bertz CT molecular complexity index is 1120. The maximum absolute atomic E-state index is 11.7. The third-order valence-electron chi connectivity index (χ3n) is 3.88. The number of imide groups is 1. The summed E-state index contributed by atoms with van der Waals surface area (Å²) >= 11 is 0.842. The molecular weight excluding hydrogens is 350 g/mol. The van der Waals surface area contributed by atoms with E-state index in [9.17, 15) is 9.59 Å². The number of aromatic nitrogens is 1. The molecule has 0 spiro atoms. The zero-order chi connectivity index (χ0) is 18.1. The van der Waals surface area contributed by atoms with Gasteiger partial charge >= 0.3 is 0 Å². The first-order chi connectivity index (χ1) is 12.6. The first kappa shape index (κ1) is 16.1. The number of carbonyl (C=O) groups is 2. The van der Waals surface area contributed by atoms with Gasteiger partial charge in [0.25, 0.3) is 11.1 Å². The van der Waals surface area contributed by atoms with Crippen LogP contribution in [0, 0.1) is 11.3 Å². The Morgan fingerprint density at radius 1 is 1.27 bits per heavy atom. The van der Waals surface area contributed by atoms with E-state index >= 15 is 0 Å². The van der Waals surface area contributed by atoms with Gasteiger partial charge in [-0.1, -0.05) is 18.2 Å². The van der Waals surface area contributed by atoms with E-state index < -0.39 is 11.1 Å². The molecule has 4 rings (SSSR count). The molecule has 3 heterocycles. The van der Waals surface area contributed by atoms with Crippen LogP contribution < -0.4 is 5.32 Å². The number of nitrogens with zero attached hydrogens (tertiary/aromatic N) is 2. The highest BCUT2D eigenvalue weighted by Gasteiger charge is 2.25. The zero-order valence-corrected chi connectivity index (χ0v) is 14.2. The molecule has 0 atom stereocenters. The van der Waals surface area contributed by atoms with Crippen LogP contribution in [0.4, 0.5) is 4.79 Å². The van der Waals surface area contributed by atoms with Crippen LogP contribution in [-0.2, 0) is 11.2 Å². The van der Waals surface area contributed by atoms with Crippen LogP contribution in [0.2, 0.25) is 0 Å². The van der Waals surface area contributed by atoms with E-state index in [-0.39, 0.29) is 0 Å². The molecule has 2 aromatic heterocycles. The fraction of sp³-hybridized carbons (Fsp3) is 0.0526. The lowest BCUT2D eigenvalue weighted by molar-refractivity contribution is -0.115. The number of hydrogen-bond donors (Lipinski definition) is 1. The second kappa shape index (κ2) is 6.50. The monoisotopic (exact) mass is 361 g/mol. The van der Waals surface area contributed by atoms with E-state index in [1.165, 1.54) is 0 Å². The molecule has 1 aliphatic rings. The standard InChI is InChI=1S/C19H11N3O3S/c20-5-4-11-2-1-3-12(6-11)15-10-21-9-13-7-14(25-17(13)15)8-16-18(23)22-19(24)26-16/h1-3,6-10H,4H2,(H,22,23,24)/b16-8-. The summed E-state index contributed by atoms with van der Waals surface area (Å²) in [5, 5.41) is 11.5. The predicted octanol–water partition coefficient (Wildman–Crippen LogP) is 3.88. The van der Waals surface area contributed by atoms with Crippen LogP contribution >= 0.6 is 11.8 Å². The highest BCUT2D eigenvalue weighted by molar-refractivity contribution is 8.18. The molecule has 0 saturated carbocycles. The quantitative estimate of drug-likeness (QED) is 0.711. The topological polar surface area (TPSA) is 96.0 Å². The summed E-state index contributed by atoms with van der Waals surface area (Å²) in [7, 11) is 0. The van der Waals surface area contributed by atoms with E-state index in [1.807, 2.05) is 24.3 Å². The molecule has 1 aromatic carbocycles. The molecule has 0 bridgehead atoms. The molecule has 1 saturated heterocycles. The Hall–Kier alpha value is -3.37. The minimum absolute atomic E-state index is 0.291. The largest absolute Gasteiger partial charge is 0.456 e. The number of nitrogens with one attached hydrogen (secondary N) is 1. The Kier molecular flexibility index (Phi) is 4.03. The van der Waals surface area contributed by atoms with E-state index in [4.69, 9.17) is 9.68 Å². The number of thioether (sulfide) groups is 1. The Labute approximate surface area is 152 Å². The minimum atomic E-state index is -0.428. The van der Waals surface area contributed by atoms with Gasteiger partial charge in [-0.15, -0.1) is 0 Å². The van der Waals surface area contributed by atoms with Crippen molar-refractivity contribution in [1.82, 2.24) is 10.3 Å².